The third-order valence-corrected chi connectivity index (χ3v) is 8.05. The second-order valence-corrected chi connectivity index (χ2v) is 11.0. The van der Waals surface area contributed by atoms with Crippen molar-refractivity contribution in [1.29, 1.82) is 0 Å². The second kappa shape index (κ2) is 11.4. The number of aromatic nitrogens is 4. The minimum absolute atomic E-state index is 0.173. The number of aryl methyl sites for hydroxylation is 2. The molecule has 3 aromatic rings. The van der Waals surface area contributed by atoms with Crippen LogP contribution in [0.3, 0.4) is 0 Å². The Kier molecular flexibility index (Phi) is 7.95. The van der Waals surface area contributed by atoms with Crippen LogP contribution in [-0.4, -0.2) is 95.4 Å². The number of aliphatic hydroxyl groups excluding tert-OH is 1. The molecule has 2 aromatic heterocycles. The van der Waals surface area contributed by atoms with E-state index in [2.05, 4.69) is 22.2 Å². The van der Waals surface area contributed by atoms with Crippen molar-refractivity contribution in [1.82, 2.24) is 30.0 Å². The van der Waals surface area contributed by atoms with Gasteiger partial charge in [0.15, 0.2) is 5.82 Å². The van der Waals surface area contributed by atoms with E-state index in [1.54, 1.807) is 11.9 Å². The zero-order valence-electron chi connectivity index (χ0n) is 24.0. The molecule has 1 aromatic carbocycles. The second-order valence-electron chi connectivity index (χ2n) is 11.0. The number of amides is 1. The van der Waals surface area contributed by atoms with Gasteiger partial charge in [0.1, 0.15) is 24.3 Å². The molecule has 214 valence electrons. The predicted octanol–water partition coefficient (Wildman–Crippen LogP) is 2.79. The van der Waals surface area contributed by atoms with Crippen molar-refractivity contribution in [3.8, 4) is 28.5 Å². The molecule has 0 unspecified atom stereocenters. The molecule has 1 amide bonds. The molecule has 2 fully saturated rings. The largest absolute Gasteiger partial charge is 0.491 e. The number of methoxy groups -OCH3 is 1. The lowest BCUT2D eigenvalue weighted by Gasteiger charge is -2.54. The van der Waals surface area contributed by atoms with Gasteiger partial charge in [-0.15, -0.1) is 0 Å². The number of nitrogens with zero attached hydrogens (tertiary/aromatic N) is 6. The molecule has 0 saturated carbocycles. The number of hydrogen-bond acceptors (Lipinski definition) is 9. The van der Waals surface area contributed by atoms with Crippen LogP contribution < -0.4 is 15.0 Å². The Morgan fingerprint density at radius 2 is 1.95 bits per heavy atom. The fourth-order valence-corrected chi connectivity index (χ4v) is 5.79. The first-order valence-corrected chi connectivity index (χ1v) is 13.7. The summed E-state index contributed by atoms with van der Waals surface area (Å²) < 4.78 is 12.6. The van der Waals surface area contributed by atoms with E-state index in [0.717, 1.165) is 59.8 Å². The molecule has 0 aliphatic carbocycles. The molecule has 5 rings (SSSR count). The fourth-order valence-electron chi connectivity index (χ4n) is 5.79. The first-order chi connectivity index (χ1) is 19.2. The minimum Gasteiger partial charge on any atom is -0.491 e. The molecule has 2 N–H and O–H groups in total. The topological polar surface area (TPSA) is 118 Å². The van der Waals surface area contributed by atoms with E-state index >= 15 is 0 Å². The van der Waals surface area contributed by atoms with Crippen molar-refractivity contribution in [3.63, 3.8) is 0 Å². The summed E-state index contributed by atoms with van der Waals surface area (Å²) in [5, 5.41) is 17.5. The van der Waals surface area contributed by atoms with Gasteiger partial charge in [0.25, 0.3) is 0 Å². The molecule has 2 aliphatic rings. The monoisotopic (exact) mass is 549 g/mol. The number of anilines is 1. The van der Waals surface area contributed by atoms with Crippen molar-refractivity contribution in [3.05, 3.63) is 41.6 Å². The highest BCUT2D eigenvalue weighted by Gasteiger charge is 2.46. The van der Waals surface area contributed by atoms with Gasteiger partial charge < -0.3 is 29.7 Å². The lowest BCUT2D eigenvalue weighted by Crippen LogP contribution is -2.61. The Balaban J connectivity index is 1.44. The Bertz CT molecular complexity index is 1340. The SMILES string of the molecule is CNC[C@@H](O)COc1cccc(-c2nc(-c3c(C)cnn3C)c(C)c(N3CC4(CCN(C(=O)OC)CC4)C3)n2)c1. The predicted molar refractivity (Wildman–Crippen MR) is 152 cm³/mol. The van der Waals surface area contributed by atoms with Gasteiger partial charge in [0.05, 0.1) is 24.7 Å². The first-order valence-electron chi connectivity index (χ1n) is 13.7. The highest BCUT2D eigenvalue weighted by atomic mass is 16.5. The highest BCUT2D eigenvalue weighted by molar-refractivity contribution is 5.73. The third-order valence-electron chi connectivity index (χ3n) is 8.05. The number of carbonyl (C=O) groups is 1. The summed E-state index contributed by atoms with van der Waals surface area (Å²) >= 11 is 0. The molecule has 4 heterocycles. The van der Waals surface area contributed by atoms with E-state index in [1.165, 1.54) is 7.11 Å². The summed E-state index contributed by atoms with van der Waals surface area (Å²) in [5.74, 6) is 2.17. The number of carbonyl (C=O) groups excluding carboxylic acids is 1. The van der Waals surface area contributed by atoms with Crippen LogP contribution in [0.2, 0.25) is 0 Å². The summed E-state index contributed by atoms with van der Waals surface area (Å²) in [6.45, 7) is 7.96. The number of hydrogen-bond donors (Lipinski definition) is 2. The zero-order chi connectivity index (χ0) is 28.4. The van der Waals surface area contributed by atoms with Crippen molar-refractivity contribution in [2.75, 3.05) is 58.4 Å². The van der Waals surface area contributed by atoms with Crippen LogP contribution in [0, 0.1) is 19.3 Å². The minimum atomic E-state index is -0.603. The van der Waals surface area contributed by atoms with Gasteiger partial charge in [-0.05, 0) is 51.4 Å². The fraction of sp³-hybridized carbons (Fsp3) is 0.517. The number of likely N-dealkylation sites (tertiary alicyclic amines) is 1. The molecule has 1 atom stereocenters. The summed E-state index contributed by atoms with van der Waals surface area (Å²) in [6.07, 6.45) is 2.90. The third kappa shape index (κ3) is 5.48. The van der Waals surface area contributed by atoms with E-state index in [1.807, 2.05) is 49.1 Å². The van der Waals surface area contributed by atoms with Crippen LogP contribution in [-0.2, 0) is 11.8 Å². The summed E-state index contributed by atoms with van der Waals surface area (Å²) in [6, 6.07) is 7.68. The number of likely N-dealkylation sites (N-methyl/N-ethyl adjacent to an activating group) is 1. The number of ether oxygens (including phenoxy) is 2. The maximum Gasteiger partial charge on any atom is 0.409 e. The highest BCUT2D eigenvalue weighted by Crippen LogP contribution is 2.44. The van der Waals surface area contributed by atoms with E-state index in [9.17, 15) is 9.90 Å². The van der Waals surface area contributed by atoms with Crippen LogP contribution in [0.1, 0.15) is 24.0 Å². The van der Waals surface area contributed by atoms with Gasteiger partial charge in [-0.3, -0.25) is 4.68 Å². The lowest BCUT2D eigenvalue weighted by molar-refractivity contribution is 0.0621. The molecule has 2 saturated heterocycles. The molecule has 11 nitrogen and oxygen atoms in total. The molecule has 40 heavy (non-hydrogen) atoms. The molecule has 1 spiro atoms. The smallest absolute Gasteiger partial charge is 0.409 e. The molecular formula is C29H39N7O4. The van der Waals surface area contributed by atoms with Crippen molar-refractivity contribution in [2.24, 2.45) is 12.5 Å². The maximum atomic E-state index is 12.0. The molecule has 11 heteroatoms. The van der Waals surface area contributed by atoms with E-state index in [4.69, 9.17) is 19.4 Å². The summed E-state index contributed by atoms with van der Waals surface area (Å²) in [5.41, 5.74) is 4.89. The van der Waals surface area contributed by atoms with E-state index in [-0.39, 0.29) is 18.1 Å². The van der Waals surface area contributed by atoms with Crippen molar-refractivity contribution in [2.45, 2.75) is 32.8 Å². The average molecular weight is 550 g/mol. The van der Waals surface area contributed by atoms with Gasteiger partial charge in [-0.25, -0.2) is 14.8 Å². The Hall–Kier alpha value is -3.70. The number of rotatable bonds is 8. The molecular weight excluding hydrogens is 510 g/mol. The standard InChI is InChI=1S/C29H39N7O4/c1-19-14-31-34(4)25(19)24-20(2)27(36-17-29(18-36)9-11-35(12-10-29)28(38)39-5)33-26(32-24)21-7-6-8-23(13-21)40-16-22(37)15-30-3/h6-8,13-14,22,30,37H,9-12,15-18H2,1-5H3/t22-/m1/s1. The number of aliphatic hydroxyl groups is 1. The normalized spacial score (nSPS) is 17.1. The van der Waals surface area contributed by atoms with Crippen LogP contribution in [0.15, 0.2) is 30.5 Å². The van der Waals surface area contributed by atoms with Crippen LogP contribution in [0.5, 0.6) is 5.75 Å². The van der Waals surface area contributed by atoms with Gasteiger partial charge in [-0.1, -0.05) is 12.1 Å². The zero-order valence-corrected chi connectivity index (χ0v) is 24.0. The van der Waals surface area contributed by atoms with E-state index < -0.39 is 6.10 Å². The number of piperidine rings is 1. The van der Waals surface area contributed by atoms with Crippen molar-refractivity contribution < 1.29 is 19.4 Å². The van der Waals surface area contributed by atoms with Gasteiger partial charge in [0.2, 0.25) is 0 Å². The average Bonchev–Trinajstić information content (AvgIpc) is 3.28. The van der Waals surface area contributed by atoms with E-state index in [0.29, 0.717) is 31.2 Å². The first kappa shape index (κ1) is 27.9. The quantitative estimate of drug-likeness (QED) is 0.437. The Morgan fingerprint density at radius 3 is 2.60 bits per heavy atom. The number of nitrogens with one attached hydrogen (secondary N) is 1. The van der Waals surface area contributed by atoms with Crippen LogP contribution >= 0.6 is 0 Å². The van der Waals surface area contributed by atoms with Crippen molar-refractivity contribution >= 4 is 11.9 Å². The maximum absolute atomic E-state index is 12.0. The summed E-state index contributed by atoms with van der Waals surface area (Å²) in [7, 11) is 5.16. The molecule has 0 radical (unpaired) electrons. The van der Waals surface area contributed by atoms with Crippen LogP contribution in [0.4, 0.5) is 10.6 Å². The molecule has 0 bridgehead atoms. The van der Waals surface area contributed by atoms with Crippen LogP contribution in [0.25, 0.3) is 22.8 Å². The van der Waals surface area contributed by atoms with Gasteiger partial charge in [-0.2, -0.15) is 5.10 Å². The lowest BCUT2D eigenvalue weighted by atomic mass is 9.72. The Morgan fingerprint density at radius 1 is 1.20 bits per heavy atom. The van der Waals surface area contributed by atoms with Gasteiger partial charge in [0, 0.05) is 56.3 Å². The molecule has 2 aliphatic heterocycles. The Labute approximate surface area is 235 Å². The summed E-state index contributed by atoms with van der Waals surface area (Å²) in [4.78, 5) is 26.2. The van der Waals surface area contributed by atoms with Gasteiger partial charge >= 0.3 is 6.09 Å². The number of benzene rings is 1.